The second kappa shape index (κ2) is 6.87. The molecule has 126 valence electrons. The van der Waals surface area contributed by atoms with Crippen LogP contribution >= 0.6 is 0 Å². The van der Waals surface area contributed by atoms with Gasteiger partial charge in [-0.3, -0.25) is 9.59 Å². The molecule has 2 rings (SSSR count). The van der Waals surface area contributed by atoms with Crippen LogP contribution in [0.15, 0.2) is 18.2 Å². The van der Waals surface area contributed by atoms with Crippen LogP contribution in [-0.2, 0) is 9.59 Å². The second-order valence-corrected chi connectivity index (χ2v) is 5.60. The number of likely N-dealkylation sites (N-methyl/N-ethyl adjacent to an activating group) is 1. The van der Waals surface area contributed by atoms with Gasteiger partial charge in [0.15, 0.2) is 0 Å². The van der Waals surface area contributed by atoms with Gasteiger partial charge in [-0.1, -0.05) is 0 Å². The molecule has 1 aromatic carbocycles. The lowest BCUT2D eigenvalue weighted by Crippen LogP contribution is -2.48. The quantitative estimate of drug-likeness (QED) is 0.859. The molecule has 0 bridgehead atoms. The maximum absolute atomic E-state index is 12.7. The third kappa shape index (κ3) is 3.39. The summed E-state index contributed by atoms with van der Waals surface area (Å²) in [5.74, 6) is 0.844. The molecule has 0 spiro atoms. The smallest absolute Gasteiger partial charge is 0.249 e. The van der Waals surface area contributed by atoms with Gasteiger partial charge in [0.1, 0.15) is 17.5 Å². The Morgan fingerprint density at radius 1 is 1.30 bits per heavy atom. The molecule has 1 aromatic rings. The highest BCUT2D eigenvalue weighted by atomic mass is 16.5. The number of rotatable bonds is 5. The van der Waals surface area contributed by atoms with Crippen molar-refractivity contribution in [1.29, 1.82) is 0 Å². The summed E-state index contributed by atoms with van der Waals surface area (Å²) in [5.41, 5.74) is 6.31. The van der Waals surface area contributed by atoms with Crippen molar-refractivity contribution in [1.82, 2.24) is 4.90 Å². The predicted octanol–water partition coefficient (Wildman–Crippen LogP) is 0.615. The summed E-state index contributed by atoms with van der Waals surface area (Å²) in [4.78, 5) is 27.8. The van der Waals surface area contributed by atoms with Gasteiger partial charge in [0.05, 0.1) is 25.9 Å². The molecule has 1 heterocycles. The third-order valence-corrected chi connectivity index (χ3v) is 4.03. The fourth-order valence-corrected chi connectivity index (χ4v) is 2.70. The van der Waals surface area contributed by atoms with Crippen molar-refractivity contribution in [3.8, 4) is 11.5 Å². The van der Waals surface area contributed by atoms with Gasteiger partial charge < -0.3 is 25.0 Å². The van der Waals surface area contributed by atoms with E-state index >= 15 is 0 Å². The van der Waals surface area contributed by atoms with E-state index in [0.29, 0.717) is 30.2 Å². The Labute approximate surface area is 135 Å². The number of methoxy groups -OCH3 is 2. The number of carbonyl (C=O) groups is 2. The molecule has 1 unspecified atom stereocenters. The first-order valence-electron chi connectivity index (χ1n) is 7.45. The molecule has 1 saturated heterocycles. The summed E-state index contributed by atoms with van der Waals surface area (Å²) in [6.45, 7) is 2.14. The lowest BCUT2D eigenvalue weighted by molar-refractivity contribution is -0.137. The number of hydrogen-bond donors (Lipinski definition) is 1. The molecular formula is C16H23N3O4. The van der Waals surface area contributed by atoms with Crippen LogP contribution in [0.4, 0.5) is 5.69 Å². The summed E-state index contributed by atoms with van der Waals surface area (Å²) in [5, 5.41) is 0. The van der Waals surface area contributed by atoms with Crippen molar-refractivity contribution in [2.24, 2.45) is 5.73 Å². The summed E-state index contributed by atoms with van der Waals surface area (Å²) in [6, 6.07) is 4.17. The summed E-state index contributed by atoms with van der Waals surface area (Å²) >= 11 is 0. The van der Waals surface area contributed by atoms with E-state index in [0.717, 1.165) is 0 Å². The second-order valence-electron chi connectivity index (χ2n) is 5.60. The Kier molecular flexibility index (Phi) is 5.10. The molecular weight excluding hydrogens is 298 g/mol. The van der Waals surface area contributed by atoms with Crippen molar-refractivity contribution in [2.75, 3.05) is 32.7 Å². The average Bonchev–Trinajstić information content (AvgIpc) is 2.94. The number of ether oxygens (including phenoxy) is 2. The Bertz CT molecular complexity index is 581. The van der Waals surface area contributed by atoms with E-state index < -0.39 is 12.1 Å². The van der Waals surface area contributed by atoms with E-state index in [1.807, 2.05) is 0 Å². The zero-order valence-corrected chi connectivity index (χ0v) is 13.9. The Morgan fingerprint density at radius 2 is 1.87 bits per heavy atom. The van der Waals surface area contributed by atoms with Crippen LogP contribution in [0.3, 0.4) is 0 Å². The highest BCUT2D eigenvalue weighted by molar-refractivity contribution is 6.01. The average molecular weight is 321 g/mol. The minimum atomic E-state index is -0.626. The van der Waals surface area contributed by atoms with Crippen molar-refractivity contribution < 1.29 is 19.1 Å². The Balaban J connectivity index is 2.23. The molecule has 0 aromatic heterocycles. The van der Waals surface area contributed by atoms with E-state index in [9.17, 15) is 9.59 Å². The molecule has 1 aliphatic rings. The van der Waals surface area contributed by atoms with E-state index in [-0.39, 0.29) is 11.8 Å². The van der Waals surface area contributed by atoms with Gasteiger partial charge in [0.2, 0.25) is 11.8 Å². The Hall–Kier alpha value is -2.28. The zero-order chi connectivity index (χ0) is 17.1. The molecule has 7 heteroatoms. The van der Waals surface area contributed by atoms with E-state index in [1.165, 1.54) is 4.90 Å². The molecule has 0 saturated carbocycles. The fourth-order valence-electron chi connectivity index (χ4n) is 2.70. The molecule has 23 heavy (non-hydrogen) atoms. The molecule has 2 amide bonds. The van der Waals surface area contributed by atoms with Crippen LogP contribution in [0.1, 0.15) is 13.3 Å². The van der Waals surface area contributed by atoms with E-state index in [2.05, 4.69) is 0 Å². The normalized spacial score (nSPS) is 18.7. The number of anilines is 1. The number of benzene rings is 1. The lowest BCUT2D eigenvalue weighted by atomic mass is 10.2. The first-order valence-corrected chi connectivity index (χ1v) is 7.45. The topological polar surface area (TPSA) is 85.1 Å². The van der Waals surface area contributed by atoms with Crippen molar-refractivity contribution in [3.05, 3.63) is 18.2 Å². The van der Waals surface area contributed by atoms with Crippen molar-refractivity contribution in [2.45, 2.75) is 25.4 Å². The van der Waals surface area contributed by atoms with Gasteiger partial charge in [-0.05, 0) is 13.3 Å². The molecule has 2 N–H and O–H groups in total. The molecule has 0 aliphatic carbocycles. The number of hydrogen-bond acceptors (Lipinski definition) is 5. The van der Waals surface area contributed by atoms with Crippen LogP contribution in [-0.4, -0.2) is 56.6 Å². The lowest BCUT2D eigenvalue weighted by Gasteiger charge is -2.25. The number of amides is 2. The largest absolute Gasteiger partial charge is 0.497 e. The van der Waals surface area contributed by atoms with E-state index in [1.54, 1.807) is 51.3 Å². The van der Waals surface area contributed by atoms with Gasteiger partial charge in [0.25, 0.3) is 0 Å². The van der Waals surface area contributed by atoms with Crippen molar-refractivity contribution >= 4 is 17.5 Å². The minimum Gasteiger partial charge on any atom is -0.497 e. The highest BCUT2D eigenvalue weighted by Gasteiger charge is 2.38. The molecule has 7 nitrogen and oxygen atoms in total. The number of carbonyl (C=O) groups excluding carboxylic acids is 2. The molecule has 2 atom stereocenters. The van der Waals surface area contributed by atoms with Crippen LogP contribution in [0, 0.1) is 0 Å². The maximum atomic E-state index is 12.7. The van der Waals surface area contributed by atoms with Gasteiger partial charge in [-0.2, -0.15) is 0 Å². The summed E-state index contributed by atoms with van der Waals surface area (Å²) in [6.07, 6.45) is 0.563. The SMILES string of the molecule is COc1cc(OC)cc(N2CCC(N(C)C(=O)[C@H](C)N)C2=O)c1. The summed E-state index contributed by atoms with van der Waals surface area (Å²) in [7, 11) is 4.73. The number of nitrogens with zero attached hydrogens (tertiary/aromatic N) is 2. The number of nitrogens with two attached hydrogens (primary N) is 1. The molecule has 1 aliphatic heterocycles. The highest BCUT2D eigenvalue weighted by Crippen LogP contribution is 2.31. The fraction of sp³-hybridized carbons (Fsp3) is 0.500. The predicted molar refractivity (Wildman–Crippen MR) is 86.7 cm³/mol. The van der Waals surface area contributed by atoms with Crippen molar-refractivity contribution in [3.63, 3.8) is 0 Å². The first-order chi connectivity index (χ1) is 10.9. The minimum absolute atomic E-state index is 0.128. The molecule has 0 radical (unpaired) electrons. The standard InChI is InChI=1S/C16H23N3O4/c1-10(17)15(20)18(2)14-5-6-19(16(14)21)11-7-12(22-3)9-13(8-11)23-4/h7-10,14H,5-6,17H2,1-4H3/t10-,14?/m0/s1. The third-order valence-electron chi connectivity index (χ3n) is 4.03. The zero-order valence-electron chi connectivity index (χ0n) is 13.9. The van der Waals surface area contributed by atoms with Crippen LogP contribution in [0.25, 0.3) is 0 Å². The first kappa shape index (κ1) is 17.1. The van der Waals surface area contributed by atoms with Gasteiger partial charge in [0, 0.05) is 31.8 Å². The van der Waals surface area contributed by atoms with Gasteiger partial charge >= 0.3 is 0 Å². The van der Waals surface area contributed by atoms with Crippen LogP contribution < -0.4 is 20.1 Å². The van der Waals surface area contributed by atoms with Crippen LogP contribution in [0.5, 0.6) is 11.5 Å². The summed E-state index contributed by atoms with van der Waals surface area (Å²) < 4.78 is 10.5. The Morgan fingerprint density at radius 3 is 2.35 bits per heavy atom. The van der Waals surface area contributed by atoms with Gasteiger partial charge in [-0.25, -0.2) is 0 Å². The van der Waals surface area contributed by atoms with E-state index in [4.69, 9.17) is 15.2 Å². The molecule has 1 fully saturated rings. The van der Waals surface area contributed by atoms with Crippen LogP contribution in [0.2, 0.25) is 0 Å². The maximum Gasteiger partial charge on any atom is 0.249 e. The van der Waals surface area contributed by atoms with Gasteiger partial charge in [-0.15, -0.1) is 0 Å². The monoisotopic (exact) mass is 321 g/mol.